The Morgan fingerprint density at radius 2 is 1.89 bits per heavy atom. The lowest BCUT2D eigenvalue weighted by Crippen LogP contribution is -2.19. The molecule has 0 aliphatic rings. The molecule has 8 heteroatoms. The first-order chi connectivity index (χ1) is 8.88. The highest BCUT2D eigenvalue weighted by Gasteiger charge is 2.32. The molecule has 5 nitrogen and oxygen atoms in total. The van der Waals surface area contributed by atoms with Gasteiger partial charge in [0.25, 0.3) is 0 Å². The van der Waals surface area contributed by atoms with Crippen molar-refractivity contribution in [3.05, 3.63) is 36.0 Å². The van der Waals surface area contributed by atoms with Gasteiger partial charge < -0.3 is 5.11 Å². The maximum atomic E-state index is 12.4. The molecule has 0 spiro atoms. The summed E-state index contributed by atoms with van der Waals surface area (Å²) in [5.74, 6) is -1.42. The van der Waals surface area contributed by atoms with Crippen LogP contribution < -0.4 is 0 Å². The summed E-state index contributed by atoms with van der Waals surface area (Å²) in [5, 5.41) is 15.5. The van der Waals surface area contributed by atoms with Crippen molar-refractivity contribution in [2.75, 3.05) is 0 Å². The van der Waals surface area contributed by atoms with Crippen molar-refractivity contribution in [3.63, 3.8) is 0 Å². The van der Waals surface area contributed by atoms with Gasteiger partial charge in [-0.3, -0.25) is 0 Å². The van der Waals surface area contributed by atoms with Crippen LogP contribution in [0.15, 0.2) is 30.3 Å². The third-order valence-electron chi connectivity index (χ3n) is 2.31. The molecule has 1 heterocycles. The topological polar surface area (TPSA) is 68.0 Å². The molecule has 1 aromatic heterocycles. The number of carboxylic acid groups (broad SMARTS) is 1. The van der Waals surface area contributed by atoms with Crippen LogP contribution >= 0.6 is 0 Å². The second-order valence-corrected chi connectivity index (χ2v) is 3.73. The zero-order valence-corrected chi connectivity index (χ0v) is 9.42. The van der Waals surface area contributed by atoms with E-state index in [0.717, 1.165) is 0 Å². The highest BCUT2D eigenvalue weighted by Crippen LogP contribution is 2.25. The van der Waals surface area contributed by atoms with Crippen molar-refractivity contribution in [1.29, 1.82) is 0 Å². The Morgan fingerprint density at radius 3 is 2.42 bits per heavy atom. The molecule has 19 heavy (non-hydrogen) atoms. The van der Waals surface area contributed by atoms with Crippen molar-refractivity contribution in [3.8, 4) is 11.3 Å². The Labute approximate surface area is 105 Å². The lowest BCUT2D eigenvalue weighted by molar-refractivity contribution is -0.142. The maximum absolute atomic E-state index is 12.4. The molecule has 100 valence electrons. The van der Waals surface area contributed by atoms with Crippen molar-refractivity contribution < 1.29 is 23.1 Å². The summed E-state index contributed by atoms with van der Waals surface area (Å²) in [6.07, 6.45) is -4.51. The smallest absolute Gasteiger partial charge is 0.408 e. The van der Waals surface area contributed by atoms with E-state index >= 15 is 0 Å². The second kappa shape index (κ2) is 4.71. The molecule has 0 bridgehead atoms. The van der Waals surface area contributed by atoms with Crippen LogP contribution in [0, 0.1) is 0 Å². The van der Waals surface area contributed by atoms with E-state index in [-0.39, 0.29) is 5.69 Å². The van der Waals surface area contributed by atoms with Gasteiger partial charge in [-0.25, -0.2) is 9.48 Å². The Hall–Kier alpha value is -2.38. The van der Waals surface area contributed by atoms with Crippen LogP contribution in [0.4, 0.5) is 13.2 Å². The van der Waals surface area contributed by atoms with Gasteiger partial charge in [0.15, 0.2) is 5.69 Å². The summed E-state index contributed by atoms with van der Waals surface area (Å²) in [6.45, 7) is -1.39. The molecule has 0 saturated carbocycles. The summed E-state index contributed by atoms with van der Waals surface area (Å²) in [6, 6.07) is 7.84. The standard InChI is InChI=1S/C11H8F3N3O2/c12-11(13,14)6-17-9(7-4-2-1-3-5-7)8(10(18)19)15-16-17/h1-5H,6H2,(H,18,19). The minimum Gasteiger partial charge on any atom is -0.476 e. The van der Waals surface area contributed by atoms with Gasteiger partial charge in [0.2, 0.25) is 0 Å². The SMILES string of the molecule is O=C(O)c1nnn(CC(F)(F)F)c1-c1ccccc1. The fourth-order valence-electron chi connectivity index (χ4n) is 1.62. The molecule has 2 aromatic rings. The highest BCUT2D eigenvalue weighted by molar-refractivity contribution is 5.92. The van der Waals surface area contributed by atoms with E-state index in [1.165, 1.54) is 12.1 Å². The van der Waals surface area contributed by atoms with Gasteiger partial charge in [0.1, 0.15) is 12.2 Å². The van der Waals surface area contributed by atoms with Gasteiger partial charge in [-0.2, -0.15) is 13.2 Å². The van der Waals surface area contributed by atoms with Gasteiger partial charge in [0, 0.05) is 5.56 Å². The van der Waals surface area contributed by atoms with Gasteiger partial charge in [-0.15, -0.1) is 5.10 Å². The first kappa shape index (κ1) is 13.1. The van der Waals surface area contributed by atoms with Crippen LogP contribution in [0.2, 0.25) is 0 Å². The van der Waals surface area contributed by atoms with Crippen LogP contribution in [-0.2, 0) is 6.54 Å². The zero-order valence-electron chi connectivity index (χ0n) is 9.42. The van der Waals surface area contributed by atoms with E-state index in [9.17, 15) is 18.0 Å². The number of aromatic nitrogens is 3. The number of halogens is 3. The predicted octanol–water partition coefficient (Wildman–Crippen LogP) is 2.21. The van der Waals surface area contributed by atoms with Crippen LogP contribution in [-0.4, -0.2) is 32.2 Å². The summed E-state index contributed by atoms with van der Waals surface area (Å²) < 4.78 is 37.8. The van der Waals surface area contributed by atoms with Crippen molar-refractivity contribution in [1.82, 2.24) is 15.0 Å². The van der Waals surface area contributed by atoms with Crippen LogP contribution in [0.5, 0.6) is 0 Å². The van der Waals surface area contributed by atoms with E-state index in [2.05, 4.69) is 10.3 Å². The summed E-state index contributed by atoms with van der Waals surface area (Å²) in [7, 11) is 0. The Balaban J connectivity index is 2.55. The van der Waals surface area contributed by atoms with Crippen LogP contribution in [0.3, 0.4) is 0 Å². The van der Waals surface area contributed by atoms with Gasteiger partial charge in [0.05, 0.1) is 0 Å². The van der Waals surface area contributed by atoms with E-state index < -0.39 is 24.4 Å². The quantitative estimate of drug-likeness (QED) is 0.929. The van der Waals surface area contributed by atoms with E-state index in [1.807, 2.05) is 0 Å². The zero-order chi connectivity index (χ0) is 14.0. The molecule has 1 aromatic carbocycles. The normalized spacial score (nSPS) is 11.5. The molecule has 0 amide bonds. The second-order valence-electron chi connectivity index (χ2n) is 3.73. The third kappa shape index (κ3) is 2.90. The van der Waals surface area contributed by atoms with Crippen molar-refractivity contribution in [2.24, 2.45) is 0 Å². The maximum Gasteiger partial charge on any atom is 0.408 e. The van der Waals surface area contributed by atoms with Crippen molar-refractivity contribution in [2.45, 2.75) is 12.7 Å². The van der Waals surface area contributed by atoms with Gasteiger partial charge in [-0.05, 0) is 0 Å². The van der Waals surface area contributed by atoms with Gasteiger partial charge in [-0.1, -0.05) is 35.5 Å². The number of benzene rings is 1. The van der Waals surface area contributed by atoms with E-state index in [1.54, 1.807) is 18.2 Å². The lowest BCUT2D eigenvalue weighted by atomic mass is 10.1. The molecule has 0 fully saturated rings. The number of nitrogens with zero attached hydrogens (tertiary/aromatic N) is 3. The number of hydrogen-bond donors (Lipinski definition) is 1. The molecule has 0 atom stereocenters. The lowest BCUT2D eigenvalue weighted by Gasteiger charge is -2.09. The van der Waals surface area contributed by atoms with Gasteiger partial charge >= 0.3 is 12.1 Å². The average Bonchev–Trinajstić information content (AvgIpc) is 2.71. The van der Waals surface area contributed by atoms with Crippen LogP contribution in [0.1, 0.15) is 10.5 Å². The number of alkyl halides is 3. The number of aromatic carboxylic acids is 1. The van der Waals surface area contributed by atoms with E-state index in [0.29, 0.717) is 10.2 Å². The highest BCUT2D eigenvalue weighted by atomic mass is 19.4. The molecule has 0 radical (unpaired) electrons. The molecule has 2 rings (SSSR count). The number of hydrogen-bond acceptors (Lipinski definition) is 3. The fourth-order valence-corrected chi connectivity index (χ4v) is 1.62. The first-order valence-corrected chi connectivity index (χ1v) is 5.17. The Bertz CT molecular complexity index is 593. The summed E-state index contributed by atoms with van der Waals surface area (Å²) in [5.41, 5.74) is -0.352. The molecule has 0 unspecified atom stereocenters. The van der Waals surface area contributed by atoms with Crippen molar-refractivity contribution >= 4 is 5.97 Å². The predicted molar refractivity (Wildman–Crippen MR) is 58.5 cm³/mol. The molecule has 0 aliphatic heterocycles. The molecular weight excluding hydrogens is 263 g/mol. The minimum absolute atomic E-state index is 0.162. The Morgan fingerprint density at radius 1 is 1.26 bits per heavy atom. The molecule has 0 saturated heterocycles. The number of carboxylic acids is 1. The average molecular weight is 271 g/mol. The minimum atomic E-state index is -4.51. The third-order valence-corrected chi connectivity index (χ3v) is 2.31. The number of rotatable bonds is 3. The summed E-state index contributed by atoms with van der Waals surface area (Å²) in [4.78, 5) is 11.0. The molecular formula is C11H8F3N3O2. The summed E-state index contributed by atoms with van der Waals surface area (Å²) >= 11 is 0. The largest absolute Gasteiger partial charge is 0.476 e. The van der Waals surface area contributed by atoms with E-state index in [4.69, 9.17) is 5.11 Å². The Kier molecular flexibility index (Phi) is 3.24. The molecule has 1 N–H and O–H groups in total. The fraction of sp³-hybridized carbons (Fsp3) is 0.182. The number of carbonyl (C=O) groups is 1. The van der Waals surface area contributed by atoms with Crippen LogP contribution in [0.25, 0.3) is 11.3 Å². The first-order valence-electron chi connectivity index (χ1n) is 5.17. The molecule has 0 aliphatic carbocycles. The monoisotopic (exact) mass is 271 g/mol.